The first-order valence-corrected chi connectivity index (χ1v) is 9.26. The molecule has 0 spiro atoms. The molecule has 22 heavy (non-hydrogen) atoms. The number of halogens is 1. The van der Waals surface area contributed by atoms with E-state index in [9.17, 15) is 13.2 Å². The summed E-state index contributed by atoms with van der Waals surface area (Å²) >= 11 is 3.27. The van der Waals surface area contributed by atoms with Gasteiger partial charge in [-0.2, -0.15) is 0 Å². The minimum absolute atomic E-state index is 0.146. The highest BCUT2D eigenvalue weighted by atomic mass is 79.9. The fourth-order valence-electron chi connectivity index (χ4n) is 1.97. The summed E-state index contributed by atoms with van der Waals surface area (Å²) in [6.45, 7) is 0. The molecule has 1 fully saturated rings. The molecular formula is C15H14BrNO4S. The third-order valence-corrected chi connectivity index (χ3v) is 5.49. The highest BCUT2D eigenvalue weighted by molar-refractivity contribution is 9.10. The molecule has 0 bridgehead atoms. The Morgan fingerprint density at radius 3 is 2.50 bits per heavy atom. The average molecular weight is 384 g/mol. The molecule has 1 amide bonds. The predicted molar refractivity (Wildman–Crippen MR) is 84.2 cm³/mol. The van der Waals surface area contributed by atoms with E-state index < -0.39 is 9.84 Å². The van der Waals surface area contributed by atoms with Gasteiger partial charge >= 0.3 is 0 Å². The minimum atomic E-state index is -3.50. The van der Waals surface area contributed by atoms with Crippen LogP contribution in [0.2, 0.25) is 0 Å². The van der Waals surface area contributed by atoms with Crippen LogP contribution in [-0.4, -0.2) is 20.4 Å². The zero-order valence-electron chi connectivity index (χ0n) is 11.6. The SMILES string of the molecule is O=C(NC1CC1)c1ccc(CS(=O)(=O)c2ccc(Br)cc2)o1. The van der Waals surface area contributed by atoms with E-state index in [2.05, 4.69) is 21.2 Å². The van der Waals surface area contributed by atoms with Crippen LogP contribution < -0.4 is 5.32 Å². The summed E-state index contributed by atoms with van der Waals surface area (Å²) in [6, 6.07) is 9.66. The number of nitrogens with one attached hydrogen (secondary N) is 1. The molecule has 1 heterocycles. The Morgan fingerprint density at radius 2 is 1.86 bits per heavy atom. The molecule has 1 saturated carbocycles. The molecule has 1 aromatic heterocycles. The van der Waals surface area contributed by atoms with Gasteiger partial charge in [-0.1, -0.05) is 15.9 Å². The van der Waals surface area contributed by atoms with Crippen LogP contribution in [-0.2, 0) is 15.6 Å². The van der Waals surface area contributed by atoms with Crippen LogP contribution in [0, 0.1) is 0 Å². The lowest BCUT2D eigenvalue weighted by molar-refractivity contribution is 0.0922. The summed E-state index contributed by atoms with van der Waals surface area (Å²) in [4.78, 5) is 12.0. The molecular weight excluding hydrogens is 370 g/mol. The molecule has 0 atom stereocenters. The zero-order valence-corrected chi connectivity index (χ0v) is 14.0. The molecule has 0 aliphatic heterocycles. The zero-order chi connectivity index (χ0) is 15.7. The van der Waals surface area contributed by atoms with Crippen molar-refractivity contribution in [1.29, 1.82) is 0 Å². The van der Waals surface area contributed by atoms with Crippen LogP contribution in [0.1, 0.15) is 29.2 Å². The van der Waals surface area contributed by atoms with Crippen molar-refractivity contribution in [3.63, 3.8) is 0 Å². The molecule has 1 aromatic carbocycles. The van der Waals surface area contributed by atoms with Gasteiger partial charge in [-0.3, -0.25) is 4.79 Å². The number of sulfone groups is 1. The number of carbonyl (C=O) groups excluding carboxylic acids is 1. The monoisotopic (exact) mass is 383 g/mol. The number of amides is 1. The molecule has 0 saturated heterocycles. The minimum Gasteiger partial charge on any atom is -0.455 e. The Hall–Kier alpha value is -1.60. The normalized spacial score (nSPS) is 14.8. The summed E-state index contributed by atoms with van der Waals surface area (Å²) in [5.41, 5.74) is 0. The maximum Gasteiger partial charge on any atom is 0.287 e. The quantitative estimate of drug-likeness (QED) is 0.860. The van der Waals surface area contributed by atoms with Gasteiger partial charge in [-0.15, -0.1) is 0 Å². The molecule has 116 valence electrons. The van der Waals surface area contributed by atoms with Crippen molar-refractivity contribution in [2.24, 2.45) is 0 Å². The molecule has 0 unspecified atom stereocenters. The fourth-order valence-corrected chi connectivity index (χ4v) is 3.49. The first-order chi connectivity index (χ1) is 10.4. The first-order valence-electron chi connectivity index (χ1n) is 6.82. The van der Waals surface area contributed by atoms with Crippen molar-refractivity contribution >= 4 is 31.7 Å². The van der Waals surface area contributed by atoms with Gasteiger partial charge in [-0.25, -0.2) is 8.42 Å². The predicted octanol–water partition coefficient (Wildman–Crippen LogP) is 2.91. The molecule has 1 N–H and O–H groups in total. The van der Waals surface area contributed by atoms with Gasteiger partial charge in [0.25, 0.3) is 5.91 Å². The summed E-state index contributed by atoms with van der Waals surface area (Å²) < 4.78 is 30.8. The Kier molecular flexibility index (Phi) is 4.10. The molecule has 1 aliphatic carbocycles. The van der Waals surface area contributed by atoms with Gasteiger partial charge < -0.3 is 9.73 Å². The van der Waals surface area contributed by atoms with E-state index in [1.165, 1.54) is 24.3 Å². The van der Waals surface area contributed by atoms with E-state index in [0.717, 1.165) is 17.3 Å². The Morgan fingerprint density at radius 1 is 1.18 bits per heavy atom. The van der Waals surface area contributed by atoms with Crippen LogP contribution in [0.25, 0.3) is 0 Å². The second kappa shape index (κ2) is 5.89. The topological polar surface area (TPSA) is 76.4 Å². The molecule has 7 heteroatoms. The second-order valence-corrected chi connectivity index (χ2v) is 8.13. The first kappa shape index (κ1) is 15.3. The maximum atomic E-state index is 12.3. The van der Waals surface area contributed by atoms with E-state index in [0.29, 0.717) is 0 Å². The fraction of sp³-hybridized carbons (Fsp3) is 0.267. The third-order valence-electron chi connectivity index (χ3n) is 3.30. The smallest absolute Gasteiger partial charge is 0.287 e. The largest absolute Gasteiger partial charge is 0.455 e. The van der Waals surface area contributed by atoms with Crippen LogP contribution in [0.15, 0.2) is 50.2 Å². The maximum absolute atomic E-state index is 12.3. The standard InChI is InChI=1S/C15H14BrNO4S/c16-10-1-6-13(7-2-10)22(19,20)9-12-5-8-14(21-12)15(18)17-11-3-4-11/h1-2,5-8,11H,3-4,9H2,(H,17,18). The van der Waals surface area contributed by atoms with Gasteiger partial charge in [0.1, 0.15) is 11.5 Å². The van der Waals surface area contributed by atoms with E-state index in [4.69, 9.17) is 4.42 Å². The van der Waals surface area contributed by atoms with Crippen molar-refractivity contribution in [2.75, 3.05) is 0 Å². The highest BCUT2D eigenvalue weighted by Crippen LogP contribution is 2.22. The molecule has 1 aliphatic rings. The van der Waals surface area contributed by atoms with Crippen molar-refractivity contribution < 1.29 is 17.6 Å². The van der Waals surface area contributed by atoms with Crippen molar-refractivity contribution in [3.8, 4) is 0 Å². The summed E-state index contributed by atoms with van der Waals surface area (Å²) in [6.07, 6.45) is 1.97. The summed E-state index contributed by atoms with van der Waals surface area (Å²) in [5, 5.41) is 2.80. The van der Waals surface area contributed by atoms with Crippen molar-refractivity contribution in [1.82, 2.24) is 5.32 Å². The van der Waals surface area contributed by atoms with E-state index in [1.807, 2.05) is 0 Å². The van der Waals surface area contributed by atoms with Crippen LogP contribution in [0.5, 0.6) is 0 Å². The van der Waals surface area contributed by atoms with E-state index >= 15 is 0 Å². The Balaban J connectivity index is 1.73. The van der Waals surface area contributed by atoms with Crippen LogP contribution in [0.4, 0.5) is 0 Å². The second-order valence-electron chi connectivity index (χ2n) is 5.23. The highest BCUT2D eigenvalue weighted by Gasteiger charge is 2.25. The Labute approximate surface area is 136 Å². The molecule has 2 aromatic rings. The Bertz CT molecular complexity index is 791. The molecule has 0 radical (unpaired) electrons. The van der Waals surface area contributed by atoms with Gasteiger partial charge in [0, 0.05) is 10.5 Å². The molecule has 3 rings (SSSR count). The molecule has 5 nitrogen and oxygen atoms in total. The number of hydrogen-bond donors (Lipinski definition) is 1. The van der Waals surface area contributed by atoms with Crippen molar-refractivity contribution in [3.05, 3.63) is 52.4 Å². The lowest BCUT2D eigenvalue weighted by atomic mass is 10.4. The number of furan rings is 1. The van der Waals surface area contributed by atoms with Gasteiger partial charge in [0.05, 0.1) is 4.90 Å². The van der Waals surface area contributed by atoms with Gasteiger partial charge in [0.15, 0.2) is 15.6 Å². The summed E-state index contributed by atoms with van der Waals surface area (Å²) in [7, 11) is -3.50. The van der Waals surface area contributed by atoms with Crippen molar-refractivity contribution in [2.45, 2.75) is 29.5 Å². The van der Waals surface area contributed by atoms with Crippen LogP contribution in [0.3, 0.4) is 0 Å². The number of rotatable bonds is 5. The van der Waals surface area contributed by atoms with E-state index in [1.54, 1.807) is 12.1 Å². The van der Waals surface area contributed by atoms with Gasteiger partial charge in [-0.05, 0) is 49.2 Å². The number of hydrogen-bond acceptors (Lipinski definition) is 4. The van der Waals surface area contributed by atoms with Gasteiger partial charge in [0.2, 0.25) is 0 Å². The number of benzene rings is 1. The third kappa shape index (κ3) is 3.59. The lowest BCUT2D eigenvalue weighted by Gasteiger charge is -2.03. The van der Waals surface area contributed by atoms with E-state index in [-0.39, 0.29) is 34.1 Å². The van der Waals surface area contributed by atoms with Crippen LogP contribution >= 0.6 is 15.9 Å². The summed E-state index contributed by atoms with van der Waals surface area (Å²) in [5.74, 6) is -0.169. The lowest BCUT2D eigenvalue weighted by Crippen LogP contribution is -2.24. The average Bonchev–Trinajstić information content (AvgIpc) is 3.15. The number of carbonyl (C=O) groups is 1.